The molecule has 2 aromatic rings. The molecule has 0 spiro atoms. The molecule has 0 unspecified atom stereocenters. The topological polar surface area (TPSA) is 75.6 Å². The second-order valence-corrected chi connectivity index (χ2v) is 6.28. The van der Waals surface area contributed by atoms with Crippen molar-refractivity contribution in [3.8, 4) is 5.75 Å². The van der Waals surface area contributed by atoms with Gasteiger partial charge in [-0.1, -0.05) is 18.2 Å². The molecular formula is C20H23NO4. The summed E-state index contributed by atoms with van der Waals surface area (Å²) in [6, 6.07) is 10.3. The van der Waals surface area contributed by atoms with Gasteiger partial charge in [0.25, 0.3) is 0 Å². The molecule has 2 rings (SSSR count). The Kier molecular flexibility index (Phi) is 5.80. The van der Waals surface area contributed by atoms with E-state index in [9.17, 15) is 14.7 Å². The molecule has 0 aliphatic rings. The van der Waals surface area contributed by atoms with Gasteiger partial charge in [0.2, 0.25) is 5.91 Å². The van der Waals surface area contributed by atoms with Gasteiger partial charge < -0.3 is 15.2 Å². The number of carbonyl (C=O) groups is 2. The molecule has 0 aliphatic heterocycles. The van der Waals surface area contributed by atoms with Crippen molar-refractivity contribution in [1.29, 1.82) is 0 Å². The third-order valence-corrected chi connectivity index (χ3v) is 3.85. The summed E-state index contributed by atoms with van der Waals surface area (Å²) in [6.07, 6.45) is 0.127. The van der Waals surface area contributed by atoms with Crippen molar-refractivity contribution in [2.75, 3.05) is 5.32 Å². The van der Waals surface area contributed by atoms with Gasteiger partial charge in [-0.2, -0.15) is 0 Å². The molecule has 0 atom stereocenters. The number of aromatic carboxylic acids is 1. The van der Waals surface area contributed by atoms with Gasteiger partial charge >= 0.3 is 5.97 Å². The zero-order valence-electron chi connectivity index (χ0n) is 14.9. The van der Waals surface area contributed by atoms with E-state index < -0.39 is 5.97 Å². The number of amides is 1. The molecule has 0 fully saturated rings. The molecule has 0 saturated heterocycles. The summed E-state index contributed by atoms with van der Waals surface area (Å²) in [7, 11) is 0. The number of hydrogen-bond donors (Lipinski definition) is 2. The highest BCUT2D eigenvalue weighted by Gasteiger charge is 2.15. The molecular weight excluding hydrogens is 318 g/mol. The molecule has 0 aliphatic carbocycles. The Labute approximate surface area is 147 Å². The minimum atomic E-state index is -1.05. The first kappa shape index (κ1) is 18.5. The van der Waals surface area contributed by atoms with Gasteiger partial charge in [0.1, 0.15) is 5.75 Å². The van der Waals surface area contributed by atoms with Gasteiger partial charge in [-0.15, -0.1) is 0 Å². The lowest BCUT2D eigenvalue weighted by molar-refractivity contribution is -0.115. The van der Waals surface area contributed by atoms with Crippen LogP contribution in [0.2, 0.25) is 0 Å². The van der Waals surface area contributed by atoms with E-state index in [1.807, 2.05) is 45.9 Å². The first-order valence-corrected chi connectivity index (χ1v) is 8.17. The van der Waals surface area contributed by atoms with Crippen LogP contribution in [0.4, 0.5) is 5.69 Å². The van der Waals surface area contributed by atoms with E-state index in [4.69, 9.17) is 4.74 Å². The number of carboxylic acids is 1. The first-order chi connectivity index (χ1) is 11.8. The fourth-order valence-corrected chi connectivity index (χ4v) is 2.60. The summed E-state index contributed by atoms with van der Waals surface area (Å²) in [6.45, 7) is 7.67. The molecule has 5 heteroatoms. The monoisotopic (exact) mass is 341 g/mol. The normalized spacial score (nSPS) is 10.6. The highest BCUT2D eigenvalue weighted by Crippen LogP contribution is 2.27. The van der Waals surface area contributed by atoms with E-state index in [-0.39, 0.29) is 24.0 Å². The number of carboxylic acid groups (broad SMARTS) is 1. The molecule has 0 saturated carbocycles. The van der Waals surface area contributed by atoms with Crippen molar-refractivity contribution >= 4 is 17.6 Å². The van der Waals surface area contributed by atoms with Crippen molar-refractivity contribution in [2.45, 2.75) is 40.2 Å². The summed E-state index contributed by atoms with van der Waals surface area (Å²) in [5, 5.41) is 12.0. The van der Waals surface area contributed by atoms with Crippen LogP contribution in [-0.2, 0) is 11.2 Å². The second-order valence-electron chi connectivity index (χ2n) is 6.28. The molecule has 132 valence electrons. The lowest BCUT2D eigenvalue weighted by Crippen LogP contribution is -2.18. The molecule has 2 N–H and O–H groups in total. The third-order valence-electron chi connectivity index (χ3n) is 3.85. The van der Waals surface area contributed by atoms with Crippen LogP contribution in [0.1, 0.15) is 40.9 Å². The molecule has 5 nitrogen and oxygen atoms in total. The fraction of sp³-hybridized carbons (Fsp3) is 0.300. The van der Waals surface area contributed by atoms with Crippen molar-refractivity contribution in [2.24, 2.45) is 0 Å². The number of anilines is 1. The van der Waals surface area contributed by atoms with Crippen molar-refractivity contribution < 1.29 is 19.4 Å². The van der Waals surface area contributed by atoms with Crippen LogP contribution < -0.4 is 10.1 Å². The average Bonchev–Trinajstić information content (AvgIpc) is 2.52. The second kappa shape index (κ2) is 7.83. The largest absolute Gasteiger partial charge is 0.489 e. The Bertz CT molecular complexity index is 776. The fourth-order valence-electron chi connectivity index (χ4n) is 2.60. The highest BCUT2D eigenvalue weighted by atomic mass is 16.5. The summed E-state index contributed by atoms with van der Waals surface area (Å²) in [5.74, 6) is -0.815. The van der Waals surface area contributed by atoms with E-state index in [1.54, 1.807) is 6.07 Å². The minimum absolute atomic E-state index is 0.0926. The molecule has 25 heavy (non-hydrogen) atoms. The van der Waals surface area contributed by atoms with E-state index >= 15 is 0 Å². The van der Waals surface area contributed by atoms with Crippen LogP contribution >= 0.6 is 0 Å². The van der Waals surface area contributed by atoms with Crippen molar-refractivity contribution in [3.05, 3.63) is 58.7 Å². The van der Waals surface area contributed by atoms with E-state index in [2.05, 4.69) is 5.32 Å². The van der Waals surface area contributed by atoms with E-state index in [1.165, 1.54) is 12.1 Å². The Hall–Kier alpha value is -2.82. The van der Waals surface area contributed by atoms with Crippen LogP contribution in [0.5, 0.6) is 5.75 Å². The summed E-state index contributed by atoms with van der Waals surface area (Å²) in [5.41, 5.74) is 3.53. The number of aryl methyl sites for hydroxylation is 2. The van der Waals surface area contributed by atoms with Gasteiger partial charge in [-0.05, 0) is 62.6 Å². The maximum atomic E-state index is 12.5. The zero-order chi connectivity index (χ0) is 18.6. The lowest BCUT2D eigenvalue weighted by Gasteiger charge is -2.16. The molecule has 0 aromatic heterocycles. The van der Waals surface area contributed by atoms with E-state index in [0.717, 1.165) is 16.7 Å². The molecule has 0 heterocycles. The highest BCUT2D eigenvalue weighted by molar-refractivity contribution is 5.96. The number of benzene rings is 2. The number of ether oxygens (including phenoxy) is 1. The van der Waals surface area contributed by atoms with Crippen LogP contribution in [-0.4, -0.2) is 23.1 Å². The summed E-state index contributed by atoms with van der Waals surface area (Å²) < 4.78 is 5.67. The van der Waals surface area contributed by atoms with Crippen molar-refractivity contribution in [3.63, 3.8) is 0 Å². The van der Waals surface area contributed by atoms with E-state index in [0.29, 0.717) is 11.4 Å². The maximum Gasteiger partial charge on any atom is 0.335 e. The SMILES string of the molecule is Cc1cccc(C)c1CC(=O)Nc1cc(C(=O)O)ccc1OC(C)C. The Balaban J connectivity index is 2.26. The first-order valence-electron chi connectivity index (χ1n) is 8.17. The minimum Gasteiger partial charge on any atom is -0.489 e. The third kappa shape index (κ3) is 4.83. The summed E-state index contributed by atoms with van der Waals surface area (Å²) >= 11 is 0. The van der Waals surface area contributed by atoms with Gasteiger partial charge in [0.15, 0.2) is 0 Å². The van der Waals surface area contributed by atoms with Gasteiger partial charge in [-0.3, -0.25) is 4.79 Å². The number of hydrogen-bond acceptors (Lipinski definition) is 3. The number of carbonyl (C=O) groups excluding carboxylic acids is 1. The lowest BCUT2D eigenvalue weighted by atomic mass is 10.00. The molecule has 0 radical (unpaired) electrons. The maximum absolute atomic E-state index is 12.5. The Morgan fingerprint density at radius 3 is 2.32 bits per heavy atom. The van der Waals surface area contributed by atoms with Crippen LogP contribution in [0.15, 0.2) is 36.4 Å². The standard InChI is InChI=1S/C20H23NO4/c1-12(2)25-18-9-8-15(20(23)24)10-17(18)21-19(22)11-16-13(3)6-5-7-14(16)4/h5-10,12H,11H2,1-4H3,(H,21,22)(H,23,24). The average molecular weight is 341 g/mol. The Morgan fingerprint density at radius 2 is 1.76 bits per heavy atom. The van der Waals surface area contributed by atoms with Gasteiger partial charge in [-0.25, -0.2) is 4.79 Å². The molecule has 1 amide bonds. The van der Waals surface area contributed by atoms with Crippen LogP contribution in [0.25, 0.3) is 0 Å². The predicted molar refractivity (Wildman–Crippen MR) is 97.4 cm³/mol. The predicted octanol–water partition coefficient (Wildman–Crippen LogP) is 3.97. The van der Waals surface area contributed by atoms with Crippen LogP contribution in [0, 0.1) is 13.8 Å². The van der Waals surface area contributed by atoms with Crippen molar-refractivity contribution in [1.82, 2.24) is 0 Å². The van der Waals surface area contributed by atoms with Gasteiger partial charge in [0, 0.05) is 0 Å². The quantitative estimate of drug-likeness (QED) is 0.833. The summed E-state index contributed by atoms with van der Waals surface area (Å²) in [4.78, 5) is 23.7. The molecule has 2 aromatic carbocycles. The zero-order valence-corrected chi connectivity index (χ0v) is 14.9. The number of rotatable bonds is 6. The number of nitrogens with one attached hydrogen (secondary N) is 1. The smallest absolute Gasteiger partial charge is 0.335 e. The van der Waals surface area contributed by atoms with Gasteiger partial charge in [0.05, 0.1) is 23.8 Å². The molecule has 0 bridgehead atoms. The Morgan fingerprint density at radius 1 is 1.12 bits per heavy atom. The van der Waals surface area contributed by atoms with Crippen LogP contribution in [0.3, 0.4) is 0 Å².